The van der Waals surface area contributed by atoms with Gasteiger partial charge in [0.25, 0.3) is 0 Å². The van der Waals surface area contributed by atoms with Crippen molar-refractivity contribution < 1.29 is 19.1 Å². The molecule has 0 aromatic heterocycles. The Morgan fingerprint density at radius 3 is 2.67 bits per heavy atom. The fourth-order valence-corrected chi connectivity index (χ4v) is 3.73. The molecular weight excluding hydrogens is 308 g/mol. The van der Waals surface area contributed by atoms with E-state index in [-0.39, 0.29) is 6.10 Å². The third kappa shape index (κ3) is 4.57. The van der Waals surface area contributed by atoms with Gasteiger partial charge in [-0.2, -0.15) is 0 Å². The molecule has 0 unspecified atom stereocenters. The Balaban J connectivity index is 1.31. The van der Waals surface area contributed by atoms with E-state index in [0.717, 1.165) is 44.9 Å². The largest absolute Gasteiger partial charge is 0.348 e. The minimum atomic E-state index is -0.594. The first-order valence-electron chi connectivity index (χ1n) is 9.23. The summed E-state index contributed by atoms with van der Waals surface area (Å²) < 4.78 is 11.7. The number of carbonyl (C=O) groups is 2. The molecule has 0 bridgehead atoms. The van der Waals surface area contributed by atoms with Crippen LogP contribution in [0.4, 0.5) is 0 Å². The molecule has 0 radical (unpaired) electrons. The van der Waals surface area contributed by atoms with Crippen molar-refractivity contribution in [3.05, 3.63) is 11.6 Å². The van der Waals surface area contributed by atoms with Crippen LogP contribution in [0.15, 0.2) is 11.6 Å². The maximum absolute atomic E-state index is 11.9. The first-order chi connectivity index (χ1) is 11.7. The number of nitrogens with one attached hydrogen (secondary N) is 2. The average molecular weight is 336 g/mol. The van der Waals surface area contributed by atoms with Crippen molar-refractivity contribution in [2.45, 2.75) is 69.7 Å². The van der Waals surface area contributed by atoms with Gasteiger partial charge in [0.05, 0.1) is 6.61 Å². The molecule has 2 N–H and O–H groups in total. The predicted octanol–water partition coefficient (Wildman–Crippen LogP) is 1.79. The third-order valence-corrected chi connectivity index (χ3v) is 5.09. The van der Waals surface area contributed by atoms with Crippen molar-refractivity contribution >= 4 is 11.8 Å². The monoisotopic (exact) mass is 336 g/mol. The van der Waals surface area contributed by atoms with Gasteiger partial charge in [-0.25, -0.2) is 0 Å². The lowest BCUT2D eigenvalue weighted by Crippen LogP contribution is -2.43. The summed E-state index contributed by atoms with van der Waals surface area (Å²) in [5, 5.41) is 5.34. The van der Waals surface area contributed by atoms with Crippen LogP contribution in [0.25, 0.3) is 0 Å². The summed E-state index contributed by atoms with van der Waals surface area (Å²) in [6, 6.07) is 0. The predicted molar refractivity (Wildman–Crippen MR) is 89.2 cm³/mol. The van der Waals surface area contributed by atoms with Crippen molar-refractivity contribution in [2.75, 3.05) is 19.7 Å². The summed E-state index contributed by atoms with van der Waals surface area (Å²) >= 11 is 0. The molecule has 1 heterocycles. The van der Waals surface area contributed by atoms with Gasteiger partial charge in [-0.1, -0.05) is 11.6 Å². The first kappa shape index (κ1) is 17.4. The lowest BCUT2D eigenvalue weighted by atomic mass is 9.97. The Bertz CT molecular complexity index is 497. The topological polar surface area (TPSA) is 76.7 Å². The van der Waals surface area contributed by atoms with E-state index in [0.29, 0.717) is 19.7 Å². The molecule has 2 fully saturated rings. The highest BCUT2D eigenvalue weighted by Crippen LogP contribution is 2.38. The smallest absolute Gasteiger partial charge is 0.309 e. The van der Waals surface area contributed by atoms with Crippen molar-refractivity contribution in [3.63, 3.8) is 0 Å². The number of rotatable bonds is 5. The SMILES string of the molecule is O=C(NCCC1=CCCCC1)C(=O)NC[C@H]1COC2(CCCC2)O1. The van der Waals surface area contributed by atoms with Crippen molar-refractivity contribution in [1.82, 2.24) is 10.6 Å². The summed E-state index contributed by atoms with van der Waals surface area (Å²) in [6.07, 6.45) is 11.8. The van der Waals surface area contributed by atoms with Crippen molar-refractivity contribution in [2.24, 2.45) is 0 Å². The normalized spacial score (nSPS) is 25.5. The molecule has 2 amide bonds. The highest BCUT2D eigenvalue weighted by molar-refractivity contribution is 6.35. The van der Waals surface area contributed by atoms with E-state index in [4.69, 9.17) is 9.47 Å². The highest BCUT2D eigenvalue weighted by atomic mass is 16.7. The molecule has 134 valence electrons. The molecule has 6 nitrogen and oxygen atoms in total. The molecule has 3 rings (SSSR count). The van der Waals surface area contributed by atoms with E-state index < -0.39 is 17.6 Å². The molecule has 1 saturated heterocycles. The van der Waals surface area contributed by atoms with Crippen LogP contribution < -0.4 is 10.6 Å². The fourth-order valence-electron chi connectivity index (χ4n) is 3.73. The van der Waals surface area contributed by atoms with E-state index in [9.17, 15) is 9.59 Å². The third-order valence-electron chi connectivity index (χ3n) is 5.09. The summed E-state index contributed by atoms with van der Waals surface area (Å²) in [4.78, 5) is 23.7. The number of ether oxygens (including phenoxy) is 2. The number of hydrogen-bond acceptors (Lipinski definition) is 4. The average Bonchev–Trinajstić information content (AvgIpc) is 3.23. The van der Waals surface area contributed by atoms with Crippen LogP contribution in [-0.2, 0) is 19.1 Å². The molecule has 0 aromatic carbocycles. The Labute approximate surface area is 143 Å². The van der Waals surface area contributed by atoms with Crippen LogP contribution in [0.2, 0.25) is 0 Å². The van der Waals surface area contributed by atoms with Crippen molar-refractivity contribution in [3.8, 4) is 0 Å². The van der Waals surface area contributed by atoms with Crippen LogP contribution in [0.5, 0.6) is 0 Å². The zero-order chi connectivity index (χ0) is 16.8. The molecule has 1 aliphatic heterocycles. The minimum Gasteiger partial charge on any atom is -0.348 e. The molecule has 1 atom stereocenters. The van der Waals surface area contributed by atoms with Crippen LogP contribution in [0.1, 0.15) is 57.8 Å². The van der Waals surface area contributed by atoms with Gasteiger partial charge >= 0.3 is 11.8 Å². The van der Waals surface area contributed by atoms with Gasteiger partial charge < -0.3 is 20.1 Å². The zero-order valence-corrected chi connectivity index (χ0v) is 14.3. The summed E-state index contributed by atoms with van der Waals surface area (Å²) in [5.74, 6) is -1.59. The molecule has 1 spiro atoms. The molecular formula is C18H28N2O4. The molecule has 24 heavy (non-hydrogen) atoms. The second kappa shape index (κ2) is 8.12. The van der Waals surface area contributed by atoms with Gasteiger partial charge in [-0.3, -0.25) is 9.59 Å². The summed E-state index contributed by atoms with van der Waals surface area (Å²) in [6.45, 7) is 1.32. The van der Waals surface area contributed by atoms with E-state index >= 15 is 0 Å². The maximum atomic E-state index is 11.9. The Morgan fingerprint density at radius 2 is 1.92 bits per heavy atom. The minimum absolute atomic E-state index is 0.160. The molecule has 6 heteroatoms. The Morgan fingerprint density at radius 1 is 1.12 bits per heavy atom. The number of hydrogen-bond donors (Lipinski definition) is 2. The Hall–Kier alpha value is -1.40. The maximum Gasteiger partial charge on any atom is 0.309 e. The quantitative estimate of drug-likeness (QED) is 0.593. The van der Waals surface area contributed by atoms with Gasteiger partial charge in [0.1, 0.15) is 6.10 Å². The van der Waals surface area contributed by atoms with Gasteiger partial charge in [0.2, 0.25) is 0 Å². The van der Waals surface area contributed by atoms with Gasteiger partial charge in [-0.15, -0.1) is 0 Å². The second-order valence-electron chi connectivity index (χ2n) is 6.99. The summed E-state index contributed by atoms with van der Waals surface area (Å²) in [5.41, 5.74) is 1.39. The fraction of sp³-hybridized carbons (Fsp3) is 0.778. The Kier molecular flexibility index (Phi) is 5.89. The molecule has 2 aliphatic carbocycles. The lowest BCUT2D eigenvalue weighted by Gasteiger charge is -2.21. The van der Waals surface area contributed by atoms with E-state index in [1.165, 1.54) is 18.4 Å². The first-order valence-corrected chi connectivity index (χ1v) is 9.23. The van der Waals surface area contributed by atoms with Crippen LogP contribution in [0.3, 0.4) is 0 Å². The number of amides is 2. The number of carbonyl (C=O) groups excluding carboxylic acids is 2. The second-order valence-corrected chi connectivity index (χ2v) is 6.99. The van der Waals surface area contributed by atoms with Gasteiger partial charge in [0.15, 0.2) is 5.79 Å². The van der Waals surface area contributed by atoms with Gasteiger partial charge in [0, 0.05) is 25.9 Å². The van der Waals surface area contributed by atoms with Gasteiger partial charge in [-0.05, 0) is 44.9 Å². The number of allylic oxidation sites excluding steroid dienone is 1. The van der Waals surface area contributed by atoms with Crippen molar-refractivity contribution in [1.29, 1.82) is 0 Å². The van der Waals surface area contributed by atoms with E-state index in [2.05, 4.69) is 16.7 Å². The summed E-state index contributed by atoms with van der Waals surface area (Å²) in [7, 11) is 0. The van der Waals surface area contributed by atoms with Crippen LogP contribution in [0, 0.1) is 0 Å². The van der Waals surface area contributed by atoms with Crippen LogP contribution in [-0.4, -0.2) is 43.4 Å². The molecule has 0 aromatic rings. The highest BCUT2D eigenvalue weighted by Gasteiger charge is 2.43. The lowest BCUT2D eigenvalue weighted by molar-refractivity contribution is -0.161. The standard InChI is InChI=1S/C18H28N2O4/c21-16(19-11-8-14-6-2-1-3-7-14)17(22)20-12-15-13-23-18(24-15)9-4-5-10-18/h6,15H,1-5,7-13H2,(H,19,21)(H,20,22)/t15-/m0/s1. The molecule has 3 aliphatic rings. The van der Waals surface area contributed by atoms with E-state index in [1.807, 2.05) is 0 Å². The molecule has 1 saturated carbocycles. The van der Waals surface area contributed by atoms with Crippen LogP contribution >= 0.6 is 0 Å². The van der Waals surface area contributed by atoms with E-state index in [1.54, 1.807) is 0 Å². The zero-order valence-electron chi connectivity index (χ0n) is 14.3.